The highest BCUT2D eigenvalue weighted by molar-refractivity contribution is 7.92. The number of amides is 2. The van der Waals surface area contributed by atoms with Crippen LogP contribution >= 0.6 is 0 Å². The van der Waals surface area contributed by atoms with Gasteiger partial charge < -0.3 is 9.84 Å². The summed E-state index contributed by atoms with van der Waals surface area (Å²) in [5.74, 6) is 0. The number of ether oxygens (including phenoxy) is 1. The van der Waals surface area contributed by atoms with E-state index in [4.69, 9.17) is 9.84 Å². The van der Waals surface area contributed by atoms with Crippen LogP contribution in [0.4, 0.5) is 9.59 Å². The summed E-state index contributed by atoms with van der Waals surface area (Å²) in [6.45, 7) is 6.81. The molecular formula is C13H22N2O6S. The molecule has 22 heavy (non-hydrogen) atoms. The first kappa shape index (κ1) is 18.3. The topological polar surface area (TPSA) is 113 Å². The summed E-state index contributed by atoms with van der Waals surface area (Å²) in [6, 6.07) is 0. The van der Waals surface area contributed by atoms with E-state index in [9.17, 15) is 18.0 Å². The maximum Gasteiger partial charge on any atom is 0.421 e. The molecule has 0 aliphatic carbocycles. The van der Waals surface area contributed by atoms with Crippen molar-refractivity contribution >= 4 is 22.2 Å². The van der Waals surface area contributed by atoms with Crippen molar-refractivity contribution < 1.29 is 27.9 Å². The molecule has 0 aromatic heterocycles. The van der Waals surface area contributed by atoms with E-state index in [1.54, 1.807) is 32.4 Å². The molecule has 1 aliphatic rings. The number of nitrogens with one attached hydrogen (secondary N) is 1. The van der Waals surface area contributed by atoms with E-state index in [1.165, 1.54) is 11.0 Å². The van der Waals surface area contributed by atoms with Gasteiger partial charge in [0, 0.05) is 12.0 Å². The van der Waals surface area contributed by atoms with Gasteiger partial charge in [-0.05, 0) is 46.6 Å². The molecule has 2 amide bonds. The van der Waals surface area contributed by atoms with E-state index < -0.39 is 33.3 Å². The Morgan fingerprint density at radius 1 is 1.36 bits per heavy atom. The lowest BCUT2D eigenvalue weighted by Crippen LogP contribution is -2.43. The van der Waals surface area contributed by atoms with E-state index in [2.05, 4.69) is 0 Å². The SMILES string of the molecule is CC(C)(C)OC(=O)NS(=O)(=O)/C=C/C1(C)CCCN1C(=O)O. The van der Waals surface area contributed by atoms with Gasteiger partial charge in [0.2, 0.25) is 0 Å². The third-order valence-corrected chi connectivity index (χ3v) is 4.09. The Balaban J connectivity index is 2.79. The van der Waals surface area contributed by atoms with Crippen molar-refractivity contribution in [2.75, 3.05) is 6.54 Å². The average Bonchev–Trinajstić information content (AvgIpc) is 2.66. The highest BCUT2D eigenvalue weighted by atomic mass is 32.2. The fourth-order valence-corrected chi connectivity index (χ4v) is 2.97. The molecule has 0 spiro atoms. The van der Waals surface area contributed by atoms with Crippen molar-refractivity contribution in [1.82, 2.24) is 9.62 Å². The van der Waals surface area contributed by atoms with Gasteiger partial charge in [-0.15, -0.1) is 0 Å². The Morgan fingerprint density at radius 3 is 2.45 bits per heavy atom. The first-order valence-corrected chi connectivity index (χ1v) is 8.35. The Kier molecular flexibility index (Phi) is 5.11. The molecule has 2 N–H and O–H groups in total. The van der Waals surface area contributed by atoms with Crippen LogP contribution in [0.2, 0.25) is 0 Å². The largest absolute Gasteiger partial charge is 0.465 e. The van der Waals surface area contributed by atoms with Crippen LogP contribution in [0, 0.1) is 0 Å². The minimum absolute atomic E-state index is 0.343. The zero-order valence-corrected chi connectivity index (χ0v) is 13.9. The molecule has 8 nitrogen and oxygen atoms in total. The molecule has 1 saturated heterocycles. The van der Waals surface area contributed by atoms with E-state index >= 15 is 0 Å². The predicted octanol–water partition coefficient (Wildman–Crippen LogP) is 1.89. The van der Waals surface area contributed by atoms with Gasteiger partial charge in [-0.1, -0.05) is 0 Å². The van der Waals surface area contributed by atoms with Gasteiger partial charge in [0.05, 0.1) is 5.54 Å². The van der Waals surface area contributed by atoms with Crippen molar-refractivity contribution in [3.63, 3.8) is 0 Å². The van der Waals surface area contributed by atoms with Gasteiger partial charge in [0.1, 0.15) is 5.60 Å². The summed E-state index contributed by atoms with van der Waals surface area (Å²) in [5.41, 5.74) is -1.73. The Hall–Kier alpha value is -1.77. The van der Waals surface area contributed by atoms with Crippen LogP contribution in [0.25, 0.3) is 0 Å². The number of hydrogen-bond acceptors (Lipinski definition) is 5. The molecule has 1 atom stereocenters. The smallest absolute Gasteiger partial charge is 0.421 e. The number of carbonyl (C=O) groups is 2. The lowest BCUT2D eigenvalue weighted by Gasteiger charge is -2.29. The van der Waals surface area contributed by atoms with Crippen molar-refractivity contribution in [2.24, 2.45) is 0 Å². The molecule has 126 valence electrons. The number of sulfonamides is 1. The third kappa shape index (κ3) is 5.21. The summed E-state index contributed by atoms with van der Waals surface area (Å²) in [7, 11) is -4.05. The maximum atomic E-state index is 11.8. The quantitative estimate of drug-likeness (QED) is 0.815. The van der Waals surface area contributed by atoms with Gasteiger partial charge in [-0.25, -0.2) is 22.7 Å². The van der Waals surface area contributed by atoms with E-state index in [1.807, 2.05) is 0 Å². The van der Waals surface area contributed by atoms with E-state index in [-0.39, 0.29) is 0 Å². The van der Waals surface area contributed by atoms with Crippen LogP contribution in [0.5, 0.6) is 0 Å². The number of nitrogens with zero attached hydrogens (tertiary/aromatic N) is 1. The fourth-order valence-electron chi connectivity index (χ4n) is 2.16. The monoisotopic (exact) mass is 334 g/mol. The molecule has 0 aromatic carbocycles. The highest BCUT2D eigenvalue weighted by Gasteiger charge is 2.38. The van der Waals surface area contributed by atoms with Crippen molar-refractivity contribution in [3.05, 3.63) is 11.5 Å². The van der Waals surface area contributed by atoms with Crippen LogP contribution in [0.3, 0.4) is 0 Å². The molecule has 9 heteroatoms. The van der Waals surface area contributed by atoms with Crippen molar-refractivity contribution in [2.45, 2.75) is 51.7 Å². The van der Waals surface area contributed by atoms with Gasteiger partial charge in [-0.3, -0.25) is 4.90 Å². The molecular weight excluding hydrogens is 312 g/mol. The highest BCUT2D eigenvalue weighted by Crippen LogP contribution is 2.30. The van der Waals surface area contributed by atoms with Gasteiger partial charge >= 0.3 is 12.2 Å². The minimum atomic E-state index is -4.05. The zero-order chi connectivity index (χ0) is 17.2. The summed E-state index contributed by atoms with van der Waals surface area (Å²) in [4.78, 5) is 23.8. The zero-order valence-electron chi connectivity index (χ0n) is 13.1. The lowest BCUT2D eigenvalue weighted by molar-refractivity contribution is 0.0570. The average molecular weight is 334 g/mol. The second-order valence-corrected chi connectivity index (χ2v) is 7.91. The Bertz CT molecular complexity index is 578. The molecule has 1 aliphatic heterocycles. The van der Waals surface area contributed by atoms with Crippen LogP contribution in [-0.2, 0) is 14.8 Å². The molecule has 0 saturated carbocycles. The van der Waals surface area contributed by atoms with E-state index in [0.29, 0.717) is 19.4 Å². The number of hydrogen-bond donors (Lipinski definition) is 2. The van der Waals surface area contributed by atoms with Crippen molar-refractivity contribution in [1.29, 1.82) is 0 Å². The van der Waals surface area contributed by atoms with Crippen LogP contribution in [0.15, 0.2) is 11.5 Å². The van der Waals surface area contributed by atoms with Crippen LogP contribution in [0.1, 0.15) is 40.5 Å². The van der Waals surface area contributed by atoms with Gasteiger partial charge in [0.25, 0.3) is 10.0 Å². The standard InChI is InChI=1S/C13H22N2O6S/c1-12(2,3)21-10(16)14-22(19,20)9-7-13(4)6-5-8-15(13)11(17)18/h7,9H,5-6,8H2,1-4H3,(H,14,16)(H,17,18)/b9-7+. The molecule has 0 radical (unpaired) electrons. The predicted molar refractivity (Wildman–Crippen MR) is 79.8 cm³/mol. The number of likely N-dealkylation sites (tertiary alicyclic amines) is 1. The second-order valence-electron chi connectivity index (χ2n) is 6.35. The molecule has 1 heterocycles. The Morgan fingerprint density at radius 2 is 1.95 bits per heavy atom. The summed E-state index contributed by atoms with van der Waals surface area (Å²) in [5, 5.41) is 9.91. The minimum Gasteiger partial charge on any atom is -0.465 e. The molecule has 0 aromatic rings. The number of rotatable bonds is 3. The first-order chi connectivity index (χ1) is 9.85. The molecule has 1 fully saturated rings. The van der Waals surface area contributed by atoms with E-state index in [0.717, 1.165) is 5.41 Å². The normalized spacial score (nSPS) is 22.8. The fraction of sp³-hybridized carbons (Fsp3) is 0.692. The lowest BCUT2D eigenvalue weighted by atomic mass is 10.00. The number of carbonyl (C=O) groups excluding carboxylic acids is 1. The molecule has 0 bridgehead atoms. The van der Waals surface area contributed by atoms with Crippen LogP contribution in [-0.4, -0.2) is 48.3 Å². The van der Waals surface area contributed by atoms with Gasteiger partial charge in [0.15, 0.2) is 0 Å². The summed E-state index contributed by atoms with van der Waals surface area (Å²) in [6.07, 6.45) is 0.247. The first-order valence-electron chi connectivity index (χ1n) is 6.80. The second kappa shape index (κ2) is 6.15. The van der Waals surface area contributed by atoms with Gasteiger partial charge in [-0.2, -0.15) is 0 Å². The van der Waals surface area contributed by atoms with Crippen molar-refractivity contribution in [3.8, 4) is 0 Å². The molecule has 1 rings (SSSR count). The third-order valence-electron chi connectivity index (χ3n) is 3.14. The summed E-state index contributed by atoms with van der Waals surface area (Å²) >= 11 is 0. The maximum absolute atomic E-state index is 11.8. The summed E-state index contributed by atoms with van der Waals surface area (Å²) < 4.78 is 30.3. The Labute approximate surface area is 130 Å². The number of carboxylic acid groups (broad SMARTS) is 1. The van der Waals surface area contributed by atoms with Crippen LogP contribution < -0.4 is 4.72 Å². The molecule has 1 unspecified atom stereocenters.